The van der Waals surface area contributed by atoms with Gasteiger partial charge in [-0.15, -0.1) is 13.2 Å². The monoisotopic (exact) mass is 259 g/mol. The lowest BCUT2D eigenvalue weighted by atomic mass is 10.1. The van der Waals surface area contributed by atoms with E-state index in [-0.39, 0.29) is 17.7 Å². The van der Waals surface area contributed by atoms with E-state index in [0.29, 0.717) is 0 Å². The van der Waals surface area contributed by atoms with Gasteiger partial charge in [-0.05, 0) is 25.1 Å². The van der Waals surface area contributed by atoms with E-state index in [1.165, 1.54) is 0 Å². The van der Waals surface area contributed by atoms with Gasteiger partial charge in [-0.1, -0.05) is 0 Å². The first kappa shape index (κ1) is 13.8. The number of nitriles is 1. The van der Waals surface area contributed by atoms with E-state index in [1.807, 2.05) is 0 Å². The van der Waals surface area contributed by atoms with Crippen molar-refractivity contribution in [2.75, 3.05) is 6.61 Å². The molecule has 1 aromatic rings. The molecule has 0 aliphatic carbocycles. The topological polar surface area (TPSA) is 59.3 Å². The summed E-state index contributed by atoms with van der Waals surface area (Å²) in [5.41, 5.74) is -0.343. The maximum Gasteiger partial charge on any atom is 0.573 e. The van der Waals surface area contributed by atoms with Gasteiger partial charge in [0, 0.05) is 0 Å². The molecule has 0 fully saturated rings. The third-order valence-electron chi connectivity index (χ3n) is 1.84. The highest BCUT2D eigenvalue weighted by atomic mass is 19.4. The van der Waals surface area contributed by atoms with Gasteiger partial charge in [0.2, 0.25) is 0 Å². The Morgan fingerprint density at radius 1 is 1.44 bits per heavy atom. The fourth-order valence-electron chi connectivity index (χ4n) is 1.20. The molecule has 0 radical (unpaired) electrons. The minimum Gasteiger partial charge on any atom is -0.462 e. The molecule has 0 saturated heterocycles. The lowest BCUT2D eigenvalue weighted by molar-refractivity contribution is -0.274. The van der Waals surface area contributed by atoms with Gasteiger partial charge in [-0.3, -0.25) is 0 Å². The molecule has 0 bridgehead atoms. The van der Waals surface area contributed by atoms with Crippen LogP contribution < -0.4 is 4.74 Å². The molecule has 4 nitrogen and oxygen atoms in total. The Balaban J connectivity index is 3.05. The van der Waals surface area contributed by atoms with Crippen LogP contribution in [0.2, 0.25) is 0 Å². The first-order valence-electron chi connectivity index (χ1n) is 4.84. The molecule has 0 aliphatic rings. The Morgan fingerprint density at radius 3 is 2.61 bits per heavy atom. The lowest BCUT2D eigenvalue weighted by Gasteiger charge is -2.10. The Kier molecular flexibility index (Phi) is 4.15. The van der Waals surface area contributed by atoms with Crippen LogP contribution in [0.25, 0.3) is 0 Å². The van der Waals surface area contributed by atoms with E-state index in [0.717, 1.165) is 18.2 Å². The molecule has 7 heteroatoms. The van der Waals surface area contributed by atoms with Crippen LogP contribution in [0.15, 0.2) is 18.2 Å². The van der Waals surface area contributed by atoms with E-state index in [9.17, 15) is 18.0 Å². The highest BCUT2D eigenvalue weighted by Crippen LogP contribution is 2.25. The number of hydrogen-bond acceptors (Lipinski definition) is 4. The van der Waals surface area contributed by atoms with E-state index in [4.69, 9.17) is 5.26 Å². The van der Waals surface area contributed by atoms with Gasteiger partial charge >= 0.3 is 12.3 Å². The number of hydrogen-bond donors (Lipinski definition) is 0. The van der Waals surface area contributed by atoms with E-state index < -0.39 is 18.1 Å². The zero-order chi connectivity index (χ0) is 13.8. The summed E-state index contributed by atoms with van der Waals surface area (Å²) >= 11 is 0. The van der Waals surface area contributed by atoms with E-state index in [1.54, 1.807) is 13.0 Å². The molecule has 0 spiro atoms. The number of benzene rings is 1. The number of carbonyl (C=O) groups excluding carboxylic acids is 1. The molecule has 0 aliphatic heterocycles. The van der Waals surface area contributed by atoms with Crippen LogP contribution in [0, 0.1) is 11.3 Å². The average molecular weight is 259 g/mol. The van der Waals surface area contributed by atoms with Gasteiger partial charge in [-0.25, -0.2) is 4.79 Å². The molecule has 1 aromatic carbocycles. The summed E-state index contributed by atoms with van der Waals surface area (Å²) in [6, 6.07) is 4.44. The van der Waals surface area contributed by atoms with Crippen LogP contribution in [-0.2, 0) is 4.74 Å². The van der Waals surface area contributed by atoms with Crippen molar-refractivity contribution >= 4 is 5.97 Å². The number of ether oxygens (including phenoxy) is 2. The standard InChI is InChI=1S/C11H8F3NO3/c1-2-17-10(16)9-4-3-8(5-7(9)6-15)18-11(12,13)14/h3-5H,2H2,1H3. The molecule has 0 atom stereocenters. The SMILES string of the molecule is CCOC(=O)c1ccc(OC(F)(F)F)cc1C#N. The molecule has 0 saturated carbocycles. The molecule has 0 amide bonds. The first-order chi connectivity index (χ1) is 8.37. The zero-order valence-electron chi connectivity index (χ0n) is 9.25. The Labute approximate surface area is 101 Å². The van der Waals surface area contributed by atoms with Crippen LogP contribution in [0.3, 0.4) is 0 Å². The number of alkyl halides is 3. The molecule has 18 heavy (non-hydrogen) atoms. The summed E-state index contributed by atoms with van der Waals surface area (Å²) in [5, 5.41) is 8.76. The zero-order valence-corrected chi connectivity index (χ0v) is 9.25. The van der Waals surface area contributed by atoms with Crippen molar-refractivity contribution in [1.82, 2.24) is 0 Å². The molecule has 96 valence electrons. The van der Waals surface area contributed by atoms with Crippen LogP contribution in [0.4, 0.5) is 13.2 Å². The molecule has 0 heterocycles. The molecular formula is C11H8F3NO3. The Morgan fingerprint density at radius 2 is 2.11 bits per heavy atom. The summed E-state index contributed by atoms with van der Waals surface area (Å²) in [6.07, 6.45) is -4.85. The van der Waals surface area contributed by atoms with Gasteiger partial charge < -0.3 is 9.47 Å². The largest absolute Gasteiger partial charge is 0.573 e. The molecule has 1 rings (SSSR count). The summed E-state index contributed by atoms with van der Waals surface area (Å²) < 4.78 is 44.2. The third-order valence-corrected chi connectivity index (χ3v) is 1.84. The van der Waals surface area contributed by atoms with Crippen LogP contribution >= 0.6 is 0 Å². The molecule has 0 N–H and O–H groups in total. The predicted molar refractivity (Wildman–Crippen MR) is 53.8 cm³/mol. The van der Waals surface area contributed by atoms with E-state index in [2.05, 4.69) is 9.47 Å². The highest BCUT2D eigenvalue weighted by Gasteiger charge is 2.31. The van der Waals surface area contributed by atoms with Crippen molar-refractivity contribution in [1.29, 1.82) is 5.26 Å². The van der Waals surface area contributed by atoms with Gasteiger partial charge in [0.15, 0.2) is 0 Å². The Hall–Kier alpha value is -2.23. The normalized spacial score (nSPS) is 10.6. The average Bonchev–Trinajstić information content (AvgIpc) is 2.27. The third kappa shape index (κ3) is 3.66. The summed E-state index contributed by atoms with van der Waals surface area (Å²) in [7, 11) is 0. The maximum atomic E-state index is 12.0. The minimum absolute atomic E-state index is 0.102. The van der Waals surface area contributed by atoms with Gasteiger partial charge in [0.1, 0.15) is 11.8 Å². The van der Waals surface area contributed by atoms with Crippen molar-refractivity contribution in [3.8, 4) is 11.8 Å². The second-order valence-electron chi connectivity index (χ2n) is 3.09. The molecule has 0 unspecified atom stereocenters. The van der Waals surface area contributed by atoms with Crippen molar-refractivity contribution in [3.05, 3.63) is 29.3 Å². The summed E-state index contributed by atoms with van der Waals surface area (Å²) in [6.45, 7) is 1.68. The predicted octanol–water partition coefficient (Wildman–Crippen LogP) is 2.63. The van der Waals surface area contributed by atoms with Crippen LogP contribution in [0.1, 0.15) is 22.8 Å². The number of esters is 1. The van der Waals surface area contributed by atoms with Crippen molar-refractivity contribution in [2.45, 2.75) is 13.3 Å². The van der Waals surface area contributed by atoms with Crippen molar-refractivity contribution in [3.63, 3.8) is 0 Å². The molecular weight excluding hydrogens is 251 g/mol. The fourth-order valence-corrected chi connectivity index (χ4v) is 1.20. The smallest absolute Gasteiger partial charge is 0.462 e. The number of rotatable bonds is 3. The summed E-state index contributed by atoms with van der Waals surface area (Å²) in [5.74, 6) is -1.33. The minimum atomic E-state index is -4.85. The highest BCUT2D eigenvalue weighted by molar-refractivity contribution is 5.92. The van der Waals surface area contributed by atoms with Crippen molar-refractivity contribution in [2.24, 2.45) is 0 Å². The molecule has 0 aromatic heterocycles. The quantitative estimate of drug-likeness (QED) is 0.783. The Bertz CT molecular complexity index is 491. The second kappa shape index (κ2) is 5.40. The lowest BCUT2D eigenvalue weighted by Crippen LogP contribution is -2.17. The van der Waals surface area contributed by atoms with E-state index >= 15 is 0 Å². The van der Waals surface area contributed by atoms with Crippen molar-refractivity contribution < 1.29 is 27.4 Å². The van der Waals surface area contributed by atoms with Gasteiger partial charge in [0.25, 0.3) is 0 Å². The van der Waals surface area contributed by atoms with Crippen LogP contribution in [-0.4, -0.2) is 18.9 Å². The second-order valence-corrected chi connectivity index (χ2v) is 3.09. The fraction of sp³-hybridized carbons (Fsp3) is 0.273. The number of carbonyl (C=O) groups is 1. The first-order valence-corrected chi connectivity index (χ1v) is 4.84. The van der Waals surface area contributed by atoms with Gasteiger partial charge in [-0.2, -0.15) is 5.26 Å². The summed E-state index contributed by atoms with van der Waals surface area (Å²) in [4.78, 5) is 11.4. The number of halogens is 3. The maximum absolute atomic E-state index is 12.0. The number of nitrogens with zero attached hydrogens (tertiary/aromatic N) is 1. The van der Waals surface area contributed by atoms with Crippen LogP contribution in [0.5, 0.6) is 5.75 Å². The van der Waals surface area contributed by atoms with Gasteiger partial charge in [0.05, 0.1) is 17.7 Å².